The van der Waals surface area contributed by atoms with Crippen LogP contribution in [0.3, 0.4) is 0 Å². The number of nitro groups is 2. The number of alkyl carbamates (subject to hydrolysis) is 1. The summed E-state index contributed by atoms with van der Waals surface area (Å²) in [6.45, 7) is 10.2. The maximum absolute atomic E-state index is 15.3. The van der Waals surface area contributed by atoms with E-state index in [0.717, 1.165) is 22.6 Å². The zero-order valence-corrected chi connectivity index (χ0v) is 37.7. The number of amides is 5. The van der Waals surface area contributed by atoms with Crippen LogP contribution in [0.1, 0.15) is 77.6 Å². The number of imide groups is 1. The van der Waals surface area contributed by atoms with Crippen molar-refractivity contribution >= 4 is 52.9 Å². The highest BCUT2D eigenvalue weighted by molar-refractivity contribution is 6.02. The average Bonchev–Trinajstić information content (AvgIpc) is 3.76. The number of H-pyrrole nitrogens is 1. The number of carbonyl (C=O) groups excluding carboxylic acids is 5. The van der Waals surface area contributed by atoms with E-state index in [0.29, 0.717) is 11.6 Å². The molecule has 0 aliphatic heterocycles. The highest BCUT2D eigenvalue weighted by Crippen LogP contribution is 2.36. The van der Waals surface area contributed by atoms with Crippen LogP contribution in [0.2, 0.25) is 0 Å². The van der Waals surface area contributed by atoms with Crippen molar-refractivity contribution in [2.45, 2.75) is 103 Å². The molecule has 66 heavy (non-hydrogen) atoms. The van der Waals surface area contributed by atoms with Gasteiger partial charge in [-0.2, -0.15) is 0 Å². The van der Waals surface area contributed by atoms with E-state index in [1.165, 1.54) is 12.5 Å². The number of aliphatic hydroxyl groups is 1. The van der Waals surface area contributed by atoms with E-state index in [1.54, 1.807) is 84.4 Å². The standard InChI is InChI=1S/C47H57N8O11/c1-30(2)22-40(41(56)27-43(58)52-42(57)23-31(3)14-13-19-32-15-9-7-10-16-32)53(38-21-20-35(54(62)63)26-39(38)55(64)65)45(60)37(25-34-28-48-29-49-34)50-44(59)36(24-33-17-11-8-12-18-33)51-46(61)66-47(4,5)6/h7-21,26,28-31,36-37,40-41,56H,22-25,27H2,1-6H3,(H,48,49)(H,50,59)(H,51,61)(H,52,57,58)/b19-13+/t31-,36-,37-,40-,41-/m0/s1. The van der Waals surface area contributed by atoms with Crippen molar-refractivity contribution in [3.8, 4) is 0 Å². The Bertz CT molecular complexity index is 2320. The first-order chi connectivity index (χ1) is 31.2. The molecule has 19 nitrogen and oxygen atoms in total. The van der Waals surface area contributed by atoms with Crippen molar-refractivity contribution in [2.24, 2.45) is 11.8 Å². The number of carbonyl (C=O) groups is 5. The largest absolute Gasteiger partial charge is 0.444 e. The highest BCUT2D eigenvalue weighted by Gasteiger charge is 2.41. The molecule has 0 saturated heterocycles. The molecular weight excluding hydrogens is 853 g/mol. The Hall–Kier alpha value is -7.28. The van der Waals surface area contributed by atoms with Gasteiger partial charge in [0.15, 0.2) is 0 Å². The van der Waals surface area contributed by atoms with Crippen LogP contribution in [0.5, 0.6) is 0 Å². The van der Waals surface area contributed by atoms with Crippen LogP contribution in [-0.2, 0) is 36.8 Å². The minimum Gasteiger partial charge on any atom is -0.444 e. The van der Waals surface area contributed by atoms with Gasteiger partial charge in [0.05, 0.1) is 46.5 Å². The van der Waals surface area contributed by atoms with Gasteiger partial charge in [0.1, 0.15) is 23.4 Å². The van der Waals surface area contributed by atoms with Crippen LogP contribution in [0.4, 0.5) is 21.9 Å². The summed E-state index contributed by atoms with van der Waals surface area (Å²) in [7, 11) is 0. The number of hydrogen-bond acceptors (Lipinski definition) is 12. The first-order valence-electron chi connectivity index (χ1n) is 21.3. The van der Waals surface area contributed by atoms with Crippen molar-refractivity contribution in [2.75, 3.05) is 4.90 Å². The molecule has 0 aliphatic rings. The fraction of sp³-hybridized carbons (Fsp3) is 0.383. The SMILES string of the molecule is CC(C)C[C@@H]([C@@H](O)CC(=O)NC(=O)C[C@@H](C)[CH]/C=C/c1ccccc1)N(C(=O)[C@H](Cc1c[nH]cn1)NC(=O)[C@H](Cc1ccccc1)NC(=O)OC(C)(C)C)c1ccc([N+](=O)[O-])cc1[N+](=O)[O-]. The van der Waals surface area contributed by atoms with Crippen molar-refractivity contribution in [3.63, 3.8) is 0 Å². The third-order valence-corrected chi connectivity index (χ3v) is 9.93. The normalized spacial score (nSPS) is 13.8. The Morgan fingerprint density at radius 3 is 2.11 bits per heavy atom. The predicted molar refractivity (Wildman–Crippen MR) is 245 cm³/mol. The Morgan fingerprint density at radius 2 is 1.52 bits per heavy atom. The van der Waals surface area contributed by atoms with Crippen molar-refractivity contribution in [3.05, 3.63) is 141 Å². The van der Waals surface area contributed by atoms with Crippen LogP contribution in [0.15, 0.2) is 97.5 Å². The first kappa shape index (κ1) is 51.4. The molecule has 0 unspecified atom stereocenters. The van der Waals surface area contributed by atoms with E-state index in [2.05, 4.69) is 25.9 Å². The summed E-state index contributed by atoms with van der Waals surface area (Å²) in [6, 6.07) is 16.3. The number of anilines is 1. The summed E-state index contributed by atoms with van der Waals surface area (Å²) in [5.74, 6) is -4.09. The molecule has 1 radical (unpaired) electrons. The molecule has 5 amide bonds. The molecule has 19 heteroatoms. The highest BCUT2D eigenvalue weighted by atomic mass is 16.6. The Morgan fingerprint density at radius 1 is 0.864 bits per heavy atom. The predicted octanol–water partition coefficient (Wildman–Crippen LogP) is 6.17. The fourth-order valence-electron chi connectivity index (χ4n) is 6.98. The summed E-state index contributed by atoms with van der Waals surface area (Å²) in [6.07, 6.45) is 4.18. The summed E-state index contributed by atoms with van der Waals surface area (Å²) in [4.78, 5) is 99.7. The maximum Gasteiger partial charge on any atom is 0.408 e. The summed E-state index contributed by atoms with van der Waals surface area (Å²) in [5, 5.41) is 43.9. The number of benzene rings is 3. The van der Waals surface area contributed by atoms with Gasteiger partial charge >= 0.3 is 6.09 Å². The number of hydrogen-bond donors (Lipinski definition) is 5. The lowest BCUT2D eigenvalue weighted by molar-refractivity contribution is -0.393. The lowest BCUT2D eigenvalue weighted by Gasteiger charge is -2.38. The molecule has 3 aromatic carbocycles. The van der Waals surface area contributed by atoms with Crippen LogP contribution in [0.25, 0.3) is 6.08 Å². The minimum absolute atomic E-state index is 0.0590. The van der Waals surface area contributed by atoms with Crippen molar-refractivity contribution < 1.29 is 43.7 Å². The molecule has 5 N–H and O–H groups in total. The van der Waals surface area contributed by atoms with E-state index < -0.39 is 92.9 Å². The van der Waals surface area contributed by atoms with Crippen LogP contribution in [0, 0.1) is 38.5 Å². The second-order valence-corrected chi connectivity index (χ2v) is 17.2. The molecular formula is C47H57N8O11. The summed E-state index contributed by atoms with van der Waals surface area (Å²) in [5.41, 5.74) is -1.14. The number of nitro benzene ring substituents is 2. The topological polar surface area (TPSA) is 269 Å². The minimum atomic E-state index is -1.79. The second-order valence-electron chi connectivity index (χ2n) is 17.2. The number of aromatic amines is 1. The lowest BCUT2D eigenvalue weighted by atomic mass is 9.93. The maximum atomic E-state index is 15.3. The molecule has 0 spiro atoms. The zero-order valence-electron chi connectivity index (χ0n) is 37.7. The van der Waals surface area contributed by atoms with E-state index in [9.17, 15) is 44.5 Å². The zero-order chi connectivity index (χ0) is 48.6. The van der Waals surface area contributed by atoms with Gasteiger partial charge in [-0.15, -0.1) is 0 Å². The molecule has 0 aliphatic carbocycles. The van der Waals surface area contributed by atoms with Gasteiger partial charge < -0.3 is 25.5 Å². The third kappa shape index (κ3) is 16.4. The molecule has 1 aromatic heterocycles. The van der Waals surface area contributed by atoms with Crippen molar-refractivity contribution in [1.29, 1.82) is 0 Å². The van der Waals surface area contributed by atoms with Crippen LogP contribution in [-0.4, -0.2) is 84.5 Å². The van der Waals surface area contributed by atoms with Gasteiger partial charge in [-0.25, -0.2) is 9.78 Å². The Balaban J connectivity index is 1.73. The quantitative estimate of drug-likeness (QED) is 0.0437. The molecule has 4 rings (SSSR count). The molecule has 0 bridgehead atoms. The molecule has 351 valence electrons. The van der Waals surface area contributed by atoms with E-state index in [1.807, 2.05) is 36.4 Å². The molecule has 5 atom stereocenters. The molecule has 0 fully saturated rings. The Kier molecular flexibility index (Phi) is 18.8. The smallest absolute Gasteiger partial charge is 0.408 e. The number of nitrogens with zero attached hydrogens (tertiary/aromatic N) is 4. The van der Waals surface area contributed by atoms with Gasteiger partial charge in [-0.05, 0) is 62.6 Å². The average molecular weight is 910 g/mol. The number of allylic oxidation sites excluding steroid dienone is 1. The third-order valence-electron chi connectivity index (χ3n) is 9.93. The Labute approximate surface area is 382 Å². The number of aromatic nitrogens is 2. The molecule has 0 saturated carbocycles. The number of nitrogens with one attached hydrogen (secondary N) is 4. The van der Waals surface area contributed by atoms with E-state index >= 15 is 4.79 Å². The number of ether oxygens (including phenoxy) is 1. The summed E-state index contributed by atoms with van der Waals surface area (Å²) >= 11 is 0. The van der Waals surface area contributed by atoms with Gasteiger partial charge in [-0.3, -0.25) is 49.6 Å². The van der Waals surface area contributed by atoms with Crippen LogP contribution < -0.4 is 20.9 Å². The number of non-ortho nitro benzene ring substituents is 1. The first-order valence-corrected chi connectivity index (χ1v) is 21.3. The molecule has 1 heterocycles. The lowest BCUT2D eigenvalue weighted by Crippen LogP contribution is -2.59. The fourth-order valence-corrected chi connectivity index (χ4v) is 6.98. The van der Waals surface area contributed by atoms with E-state index in [-0.39, 0.29) is 43.2 Å². The molecule has 4 aromatic rings. The number of imidazole rings is 1. The van der Waals surface area contributed by atoms with Gasteiger partial charge in [-0.1, -0.05) is 93.6 Å². The van der Waals surface area contributed by atoms with Gasteiger partial charge in [0.2, 0.25) is 17.7 Å². The van der Waals surface area contributed by atoms with Crippen molar-refractivity contribution in [1.82, 2.24) is 25.9 Å². The van der Waals surface area contributed by atoms with Crippen LogP contribution >= 0.6 is 0 Å². The summed E-state index contributed by atoms with van der Waals surface area (Å²) < 4.78 is 5.43. The monoisotopic (exact) mass is 909 g/mol. The number of rotatable bonds is 22. The van der Waals surface area contributed by atoms with Gasteiger partial charge in [0.25, 0.3) is 17.3 Å². The van der Waals surface area contributed by atoms with E-state index in [4.69, 9.17) is 4.74 Å². The number of aliphatic hydroxyl groups excluding tert-OH is 1. The second kappa shape index (κ2) is 24.1. The van der Waals surface area contributed by atoms with Gasteiger partial charge in [0, 0.05) is 31.5 Å².